The van der Waals surface area contributed by atoms with Crippen LogP contribution < -0.4 is 10.0 Å². The number of sulfone groups is 1. The summed E-state index contributed by atoms with van der Waals surface area (Å²) in [5.74, 6) is 0. The molecular weight excluding hydrogens is 264 g/mol. The van der Waals surface area contributed by atoms with Gasteiger partial charge in [0.2, 0.25) is 19.9 Å². The molecule has 0 aliphatic carbocycles. The number of benzene rings is 1. The van der Waals surface area contributed by atoms with Crippen LogP contribution >= 0.6 is 0 Å². The Labute approximate surface area is 99.3 Å². The Morgan fingerprint density at radius 2 is 2.00 bits per heavy atom. The Morgan fingerprint density at radius 1 is 1.29 bits per heavy atom. The number of rotatable bonds is 2. The van der Waals surface area contributed by atoms with Gasteiger partial charge in [-0.05, 0) is 18.2 Å². The van der Waals surface area contributed by atoms with Crippen LogP contribution in [0.2, 0.25) is 0 Å². The lowest BCUT2D eigenvalue weighted by Crippen LogP contribution is -2.12. The summed E-state index contributed by atoms with van der Waals surface area (Å²) in [5, 5.41) is 3.80. The van der Waals surface area contributed by atoms with Crippen molar-refractivity contribution < 1.29 is 16.8 Å². The highest BCUT2D eigenvalue weighted by Gasteiger charge is 2.20. The zero-order valence-electron chi connectivity index (χ0n) is 8.84. The molecule has 0 aromatic heterocycles. The second-order valence-electron chi connectivity index (χ2n) is 3.58. The van der Waals surface area contributed by atoms with Gasteiger partial charge in [-0.2, -0.15) is 0 Å². The van der Waals surface area contributed by atoms with Crippen molar-refractivity contribution in [2.75, 3.05) is 16.3 Å². The van der Waals surface area contributed by atoms with Crippen molar-refractivity contribution in [3.05, 3.63) is 29.8 Å². The first-order chi connectivity index (χ1) is 7.78. The van der Waals surface area contributed by atoms with Crippen molar-refractivity contribution in [2.45, 2.75) is 4.90 Å². The van der Waals surface area contributed by atoms with Crippen LogP contribution in [0.25, 0.3) is 0 Å². The third-order valence-corrected chi connectivity index (χ3v) is 4.13. The van der Waals surface area contributed by atoms with Gasteiger partial charge < -0.3 is 5.32 Å². The van der Waals surface area contributed by atoms with E-state index in [9.17, 15) is 16.8 Å². The van der Waals surface area contributed by atoms with Crippen LogP contribution in [0.4, 0.5) is 11.4 Å². The predicted molar refractivity (Wildman–Crippen MR) is 64.9 cm³/mol. The fourth-order valence-electron chi connectivity index (χ4n) is 1.44. The third-order valence-electron chi connectivity index (χ3n) is 2.08. The van der Waals surface area contributed by atoms with Crippen LogP contribution in [0.15, 0.2) is 34.7 Å². The van der Waals surface area contributed by atoms with Crippen LogP contribution in [0.5, 0.6) is 0 Å². The van der Waals surface area contributed by atoms with E-state index in [1.54, 1.807) is 0 Å². The van der Waals surface area contributed by atoms with E-state index in [2.05, 4.69) is 10.0 Å². The fourth-order valence-corrected chi connectivity index (χ4v) is 3.11. The summed E-state index contributed by atoms with van der Waals surface area (Å²) in [7, 11) is -6.92. The molecule has 0 radical (unpaired) electrons. The van der Waals surface area contributed by atoms with Gasteiger partial charge in [-0.3, -0.25) is 4.72 Å². The van der Waals surface area contributed by atoms with Gasteiger partial charge in [0.1, 0.15) is 0 Å². The minimum absolute atomic E-state index is 0.0497. The summed E-state index contributed by atoms with van der Waals surface area (Å²) in [6, 6.07) is 4.27. The van der Waals surface area contributed by atoms with Gasteiger partial charge >= 0.3 is 0 Å². The average Bonchev–Trinajstić information content (AvgIpc) is 2.16. The molecule has 0 bridgehead atoms. The topological polar surface area (TPSA) is 92.3 Å². The number of fused-ring (bicyclic) bond motifs is 1. The van der Waals surface area contributed by atoms with Crippen molar-refractivity contribution in [1.29, 1.82) is 0 Å². The number of hydrogen-bond acceptors (Lipinski definition) is 5. The summed E-state index contributed by atoms with van der Waals surface area (Å²) in [4.78, 5) is 0.0497. The molecule has 0 saturated heterocycles. The van der Waals surface area contributed by atoms with Crippen molar-refractivity contribution in [1.82, 2.24) is 0 Å². The van der Waals surface area contributed by atoms with E-state index in [0.717, 1.165) is 11.7 Å². The molecule has 2 N–H and O–H groups in total. The van der Waals surface area contributed by atoms with E-state index in [0.29, 0.717) is 5.69 Å². The summed E-state index contributed by atoms with van der Waals surface area (Å²) >= 11 is 0. The lowest BCUT2D eigenvalue weighted by atomic mass is 10.3. The van der Waals surface area contributed by atoms with Gasteiger partial charge in [-0.25, -0.2) is 16.8 Å². The Kier molecular flexibility index (Phi) is 2.63. The lowest BCUT2D eigenvalue weighted by Gasteiger charge is -2.14. The number of hydrogen-bond donors (Lipinski definition) is 2. The fraction of sp³-hybridized carbons (Fsp3) is 0.111. The first-order valence-corrected chi connectivity index (χ1v) is 8.02. The average molecular weight is 274 g/mol. The molecule has 1 heterocycles. The number of sulfonamides is 1. The van der Waals surface area contributed by atoms with Crippen LogP contribution in [0, 0.1) is 0 Å². The Morgan fingerprint density at radius 3 is 2.65 bits per heavy atom. The predicted octanol–water partition coefficient (Wildman–Crippen LogP) is 0.728. The van der Waals surface area contributed by atoms with Gasteiger partial charge in [0.05, 0.1) is 22.2 Å². The van der Waals surface area contributed by atoms with Gasteiger partial charge in [-0.1, -0.05) is 0 Å². The first kappa shape index (κ1) is 11.9. The van der Waals surface area contributed by atoms with Crippen molar-refractivity contribution in [3.8, 4) is 0 Å². The summed E-state index contributed by atoms with van der Waals surface area (Å²) in [5.41, 5.74) is 0.637. The van der Waals surface area contributed by atoms with E-state index in [-0.39, 0.29) is 10.6 Å². The highest BCUT2D eigenvalue weighted by Crippen LogP contribution is 2.29. The molecule has 1 aliphatic heterocycles. The van der Waals surface area contributed by atoms with Crippen molar-refractivity contribution in [3.63, 3.8) is 0 Å². The van der Waals surface area contributed by atoms with Crippen molar-refractivity contribution in [2.24, 2.45) is 0 Å². The summed E-state index contributed by atoms with van der Waals surface area (Å²) in [6.45, 7) is 0. The highest BCUT2D eigenvalue weighted by atomic mass is 32.2. The molecule has 0 spiro atoms. The van der Waals surface area contributed by atoms with E-state index >= 15 is 0 Å². The molecule has 1 aliphatic rings. The Bertz CT molecular complexity index is 690. The normalized spacial score (nSPS) is 17.0. The zero-order chi connectivity index (χ0) is 12.7. The minimum atomic E-state index is -3.50. The van der Waals surface area contributed by atoms with Gasteiger partial charge in [-0.15, -0.1) is 0 Å². The summed E-state index contributed by atoms with van der Waals surface area (Å²) < 4.78 is 47.7. The largest absolute Gasteiger partial charge is 0.360 e. The lowest BCUT2D eigenvalue weighted by molar-refractivity contribution is 0.603. The van der Waals surface area contributed by atoms with E-state index in [1.165, 1.54) is 24.4 Å². The molecule has 0 fully saturated rings. The van der Waals surface area contributed by atoms with Crippen LogP contribution in [-0.2, 0) is 19.9 Å². The maximum Gasteiger partial charge on any atom is 0.229 e. The van der Waals surface area contributed by atoms with Crippen LogP contribution in [0.3, 0.4) is 0 Å². The molecular formula is C9H10N2O4S2. The monoisotopic (exact) mass is 274 g/mol. The van der Waals surface area contributed by atoms with Gasteiger partial charge in [0.25, 0.3) is 0 Å². The molecule has 0 unspecified atom stereocenters. The van der Waals surface area contributed by atoms with E-state index in [4.69, 9.17) is 0 Å². The first-order valence-electron chi connectivity index (χ1n) is 4.58. The number of anilines is 2. The Hall–Kier alpha value is -1.54. The molecule has 8 heteroatoms. The second-order valence-corrected chi connectivity index (χ2v) is 7.13. The molecule has 17 heavy (non-hydrogen) atoms. The van der Waals surface area contributed by atoms with Gasteiger partial charge in [0, 0.05) is 11.9 Å². The highest BCUT2D eigenvalue weighted by molar-refractivity contribution is 7.94. The molecule has 0 atom stereocenters. The maximum absolute atomic E-state index is 11.7. The van der Waals surface area contributed by atoms with E-state index in [1.807, 2.05) is 0 Å². The molecule has 1 aromatic rings. The van der Waals surface area contributed by atoms with Crippen LogP contribution in [-0.4, -0.2) is 23.1 Å². The molecule has 0 saturated carbocycles. The molecule has 2 rings (SSSR count). The minimum Gasteiger partial charge on any atom is -0.360 e. The zero-order valence-corrected chi connectivity index (χ0v) is 10.5. The Balaban J connectivity index is 2.52. The number of nitrogens with one attached hydrogen (secondary N) is 2. The maximum atomic E-state index is 11.7. The second kappa shape index (κ2) is 3.74. The third kappa shape index (κ3) is 2.59. The standard InChI is InChI=1S/C9H10N2O4S2/c1-16(12,13)11-7-2-3-8-9(6-7)17(14,15)5-4-10-8/h2-6,10-11H,1H3. The quantitative estimate of drug-likeness (QED) is 0.829. The molecule has 92 valence electrons. The smallest absolute Gasteiger partial charge is 0.229 e. The van der Waals surface area contributed by atoms with Gasteiger partial charge in [0.15, 0.2) is 0 Å². The summed E-state index contributed by atoms with van der Waals surface area (Å²) in [6.07, 6.45) is 2.32. The molecule has 0 amide bonds. The SMILES string of the molecule is CS(=O)(=O)Nc1ccc2c(c1)S(=O)(=O)C=CN2. The van der Waals surface area contributed by atoms with Crippen molar-refractivity contribution >= 4 is 31.2 Å². The van der Waals surface area contributed by atoms with E-state index < -0.39 is 19.9 Å². The molecule has 6 nitrogen and oxygen atoms in total. The molecule has 1 aromatic carbocycles. The van der Waals surface area contributed by atoms with Crippen LogP contribution in [0.1, 0.15) is 0 Å².